The maximum absolute atomic E-state index is 15.6. The Hall–Kier alpha value is -3.57. The summed E-state index contributed by atoms with van der Waals surface area (Å²) in [5.74, 6) is -1.80. The fourth-order valence-corrected chi connectivity index (χ4v) is 6.62. The van der Waals surface area contributed by atoms with E-state index in [1.807, 2.05) is 17.9 Å². The molecule has 0 unspecified atom stereocenters. The van der Waals surface area contributed by atoms with Gasteiger partial charge in [0, 0.05) is 61.6 Å². The number of anilines is 2. The molecular formula is C32H33Cl2FN4O5. The minimum atomic E-state index is -1.21. The first-order valence-corrected chi connectivity index (χ1v) is 15.2. The zero-order chi connectivity index (χ0) is 31.1. The number of morpholine rings is 1. The molecule has 1 N–H and O–H groups in total. The van der Waals surface area contributed by atoms with E-state index in [1.165, 1.54) is 4.90 Å². The highest BCUT2D eigenvalue weighted by Gasteiger charge is 2.31. The Labute approximate surface area is 265 Å². The molecule has 0 bridgehead atoms. The van der Waals surface area contributed by atoms with Crippen molar-refractivity contribution in [1.29, 1.82) is 0 Å². The van der Waals surface area contributed by atoms with E-state index < -0.39 is 11.8 Å². The molecule has 3 aliphatic rings. The Balaban J connectivity index is 1.30. The number of hydrogen-bond acceptors (Lipinski definition) is 7. The Morgan fingerprint density at radius 2 is 1.59 bits per heavy atom. The van der Waals surface area contributed by atoms with Gasteiger partial charge in [0.15, 0.2) is 6.73 Å². The second kappa shape index (κ2) is 12.4. The number of halogens is 3. The molecule has 232 valence electrons. The molecule has 9 nitrogen and oxygen atoms in total. The summed E-state index contributed by atoms with van der Waals surface area (Å²) in [5, 5.41) is 10.3. The predicted octanol–water partition coefficient (Wildman–Crippen LogP) is 5.39. The van der Waals surface area contributed by atoms with E-state index >= 15 is 4.39 Å². The van der Waals surface area contributed by atoms with Crippen LogP contribution in [0.5, 0.6) is 5.75 Å². The van der Waals surface area contributed by atoms with Crippen LogP contribution in [-0.2, 0) is 11.3 Å². The largest absolute Gasteiger partial charge is 0.478 e. The molecule has 0 spiro atoms. The summed E-state index contributed by atoms with van der Waals surface area (Å²) in [6, 6.07) is 9.79. The van der Waals surface area contributed by atoms with Crippen LogP contribution in [-0.4, -0.2) is 93.0 Å². The smallest absolute Gasteiger partial charge is 0.337 e. The number of aromatic carboxylic acids is 1. The van der Waals surface area contributed by atoms with Gasteiger partial charge in [0.25, 0.3) is 5.91 Å². The lowest BCUT2D eigenvalue weighted by molar-refractivity contribution is 0.0515. The van der Waals surface area contributed by atoms with Crippen molar-refractivity contribution in [2.75, 3.05) is 76.1 Å². The summed E-state index contributed by atoms with van der Waals surface area (Å²) in [6.45, 7) is 7.40. The van der Waals surface area contributed by atoms with E-state index in [9.17, 15) is 14.7 Å². The lowest BCUT2D eigenvalue weighted by atomic mass is 9.94. The van der Waals surface area contributed by atoms with Gasteiger partial charge in [0.1, 0.15) is 11.6 Å². The molecule has 12 heteroatoms. The molecule has 3 aromatic rings. The van der Waals surface area contributed by atoms with E-state index in [0.29, 0.717) is 43.3 Å². The standard InChI is InChI=1S/C32H33Cl2FN4O5/c1-19-3-4-21(22-16-28(38-9-11-43-12-10-38)23(32(41)42)15-27(22)35)30-24(19)17-39(18-44-30)31(40)29-25(33)13-20(14-26(29)34)37-7-5-36(2)6-8-37/h3-4,13-16H,5-12,17-18H2,1-2H3,(H,41,42). The first kappa shape index (κ1) is 30.5. The molecule has 2 fully saturated rings. The van der Waals surface area contributed by atoms with Crippen LogP contribution in [0.3, 0.4) is 0 Å². The lowest BCUT2D eigenvalue weighted by Crippen LogP contribution is -2.44. The number of carboxylic acids is 1. The molecule has 0 aromatic heterocycles. The fraction of sp³-hybridized carbons (Fsp3) is 0.375. The van der Waals surface area contributed by atoms with Crippen molar-refractivity contribution in [1.82, 2.24) is 9.80 Å². The Bertz CT molecular complexity index is 1600. The molecule has 3 heterocycles. The Kier molecular flexibility index (Phi) is 8.61. The maximum Gasteiger partial charge on any atom is 0.337 e. The minimum Gasteiger partial charge on any atom is -0.478 e. The van der Waals surface area contributed by atoms with E-state index in [-0.39, 0.29) is 45.9 Å². The second-order valence-electron chi connectivity index (χ2n) is 11.3. The number of ether oxygens (including phenoxy) is 2. The third-order valence-corrected chi connectivity index (χ3v) is 9.16. The first-order chi connectivity index (χ1) is 21.1. The second-order valence-corrected chi connectivity index (χ2v) is 12.2. The van der Waals surface area contributed by atoms with Crippen LogP contribution in [0, 0.1) is 12.7 Å². The van der Waals surface area contributed by atoms with Crippen LogP contribution in [0.15, 0.2) is 36.4 Å². The van der Waals surface area contributed by atoms with Gasteiger partial charge < -0.3 is 34.2 Å². The number of amides is 1. The number of benzene rings is 3. The van der Waals surface area contributed by atoms with Gasteiger partial charge >= 0.3 is 5.97 Å². The van der Waals surface area contributed by atoms with Gasteiger partial charge in [-0.25, -0.2) is 9.18 Å². The Morgan fingerprint density at radius 1 is 0.909 bits per heavy atom. The molecule has 0 atom stereocenters. The van der Waals surface area contributed by atoms with Gasteiger partial charge in [-0.1, -0.05) is 35.3 Å². The van der Waals surface area contributed by atoms with Crippen molar-refractivity contribution in [3.8, 4) is 16.9 Å². The van der Waals surface area contributed by atoms with Crippen molar-refractivity contribution in [2.24, 2.45) is 0 Å². The fourth-order valence-electron chi connectivity index (χ4n) is 5.98. The van der Waals surface area contributed by atoms with Crippen LogP contribution in [0.2, 0.25) is 10.0 Å². The van der Waals surface area contributed by atoms with Crippen LogP contribution >= 0.6 is 23.2 Å². The topological polar surface area (TPSA) is 85.8 Å². The summed E-state index contributed by atoms with van der Waals surface area (Å²) in [6.07, 6.45) is 0. The summed E-state index contributed by atoms with van der Waals surface area (Å²) in [4.78, 5) is 33.6. The van der Waals surface area contributed by atoms with Gasteiger partial charge in [0.2, 0.25) is 0 Å². The average Bonchev–Trinajstić information content (AvgIpc) is 3.01. The number of likely N-dealkylation sites (N-methyl/N-ethyl adjacent to an activating group) is 1. The SMILES string of the molecule is Cc1ccc(-c2cc(N3CCOCC3)c(C(=O)O)cc2F)c2c1CN(C(=O)c1c(Cl)cc(N3CCN(C)CC3)cc1Cl)CO2. The average molecular weight is 644 g/mol. The number of carbonyl (C=O) groups excluding carboxylic acids is 1. The Morgan fingerprint density at radius 3 is 2.25 bits per heavy atom. The highest BCUT2D eigenvalue weighted by Crippen LogP contribution is 2.42. The van der Waals surface area contributed by atoms with Gasteiger partial charge in [-0.3, -0.25) is 4.79 Å². The van der Waals surface area contributed by atoms with E-state index in [0.717, 1.165) is 49.1 Å². The van der Waals surface area contributed by atoms with Crippen molar-refractivity contribution in [2.45, 2.75) is 13.5 Å². The highest BCUT2D eigenvalue weighted by molar-refractivity contribution is 6.40. The van der Waals surface area contributed by atoms with E-state index in [1.54, 1.807) is 24.3 Å². The summed E-state index contributed by atoms with van der Waals surface area (Å²) >= 11 is 13.3. The van der Waals surface area contributed by atoms with E-state index in [2.05, 4.69) is 16.8 Å². The third-order valence-electron chi connectivity index (χ3n) is 8.56. The predicted molar refractivity (Wildman–Crippen MR) is 168 cm³/mol. The quantitative estimate of drug-likeness (QED) is 0.397. The van der Waals surface area contributed by atoms with Crippen molar-refractivity contribution in [3.63, 3.8) is 0 Å². The normalized spacial score (nSPS) is 17.3. The summed E-state index contributed by atoms with van der Waals surface area (Å²) < 4.78 is 27.1. The number of nitrogens with zero attached hydrogens (tertiary/aromatic N) is 4. The number of carboxylic acid groups (broad SMARTS) is 1. The monoisotopic (exact) mass is 642 g/mol. The zero-order valence-electron chi connectivity index (χ0n) is 24.5. The van der Waals surface area contributed by atoms with Crippen LogP contribution in [0.1, 0.15) is 31.8 Å². The van der Waals surface area contributed by atoms with Gasteiger partial charge in [-0.2, -0.15) is 0 Å². The van der Waals surface area contributed by atoms with Crippen LogP contribution in [0.4, 0.5) is 15.8 Å². The lowest BCUT2D eigenvalue weighted by Gasteiger charge is -2.35. The maximum atomic E-state index is 15.6. The summed E-state index contributed by atoms with van der Waals surface area (Å²) in [7, 11) is 2.08. The van der Waals surface area contributed by atoms with E-state index in [4.69, 9.17) is 32.7 Å². The number of aryl methyl sites for hydroxylation is 1. The molecule has 0 radical (unpaired) electrons. The molecule has 1 amide bonds. The molecule has 0 saturated carbocycles. The van der Waals surface area contributed by atoms with Crippen molar-refractivity contribution >= 4 is 46.5 Å². The number of fused-ring (bicyclic) bond motifs is 1. The summed E-state index contributed by atoms with van der Waals surface area (Å²) in [5.41, 5.74) is 3.67. The molecule has 0 aliphatic carbocycles. The molecule has 3 aromatic carbocycles. The van der Waals surface area contributed by atoms with Gasteiger partial charge in [-0.15, -0.1) is 0 Å². The number of piperazine rings is 1. The van der Waals surface area contributed by atoms with Gasteiger partial charge in [0.05, 0.1) is 46.6 Å². The minimum absolute atomic E-state index is 0.0969. The molecule has 44 heavy (non-hydrogen) atoms. The molecule has 3 aliphatic heterocycles. The number of carbonyl (C=O) groups is 2. The van der Waals surface area contributed by atoms with Crippen LogP contribution in [0.25, 0.3) is 11.1 Å². The molecule has 6 rings (SSSR count). The highest BCUT2D eigenvalue weighted by atomic mass is 35.5. The number of hydrogen-bond donors (Lipinski definition) is 1. The zero-order valence-corrected chi connectivity index (χ0v) is 26.0. The first-order valence-electron chi connectivity index (χ1n) is 14.5. The van der Waals surface area contributed by atoms with Crippen molar-refractivity contribution < 1.29 is 28.6 Å². The third kappa shape index (κ3) is 5.79. The van der Waals surface area contributed by atoms with Crippen LogP contribution < -0.4 is 14.5 Å². The molecule has 2 saturated heterocycles. The molecular weight excluding hydrogens is 610 g/mol. The number of rotatable bonds is 5. The van der Waals surface area contributed by atoms with Crippen molar-refractivity contribution in [3.05, 3.63) is 74.5 Å². The van der Waals surface area contributed by atoms with Gasteiger partial charge in [-0.05, 0) is 43.8 Å².